The highest BCUT2D eigenvalue weighted by Crippen LogP contribution is 2.32. The lowest BCUT2D eigenvalue weighted by molar-refractivity contribution is 0.0951. The lowest BCUT2D eigenvalue weighted by atomic mass is 9.80. The molecule has 1 fully saturated rings. The summed E-state index contributed by atoms with van der Waals surface area (Å²) < 4.78 is 1.70. The Morgan fingerprint density at radius 3 is 2.72 bits per heavy atom. The number of aromatic nitrogens is 3. The molecule has 36 heavy (non-hydrogen) atoms. The zero-order chi connectivity index (χ0) is 25.9. The van der Waals surface area contributed by atoms with Crippen molar-refractivity contribution < 1.29 is 14.7 Å². The van der Waals surface area contributed by atoms with Crippen LogP contribution in [0.15, 0.2) is 36.7 Å². The smallest absolute Gasteiger partial charge is 0.404 e. The Bertz CT molecular complexity index is 1320. The minimum atomic E-state index is -1.03. The van der Waals surface area contributed by atoms with E-state index in [0.717, 1.165) is 24.1 Å². The maximum absolute atomic E-state index is 13.0. The van der Waals surface area contributed by atoms with E-state index in [4.69, 9.17) is 16.1 Å². The number of hydrogen-bond donors (Lipinski definition) is 5. The van der Waals surface area contributed by atoms with E-state index in [9.17, 15) is 9.59 Å². The highest BCUT2D eigenvalue weighted by molar-refractivity contribution is 6.00. The SMILES string of the molecule is CC(C)(N)CCNC(=O)c1cnc(-c2ccc3cc(C#N)cnn23)cc1NC1CC(CNC(=O)O)C1. The van der Waals surface area contributed by atoms with Crippen molar-refractivity contribution in [2.24, 2.45) is 11.7 Å². The Balaban J connectivity index is 1.57. The molecule has 1 saturated carbocycles. The van der Waals surface area contributed by atoms with Gasteiger partial charge in [0.25, 0.3) is 5.91 Å². The average Bonchev–Trinajstić information content (AvgIpc) is 3.22. The number of pyridine rings is 1. The summed E-state index contributed by atoms with van der Waals surface area (Å²) in [5.74, 6) is -0.00176. The first-order chi connectivity index (χ1) is 17.1. The molecular weight excluding hydrogens is 460 g/mol. The Labute approximate surface area is 208 Å². The molecule has 0 aliphatic heterocycles. The van der Waals surface area contributed by atoms with Crippen LogP contribution in [-0.2, 0) is 0 Å². The van der Waals surface area contributed by atoms with Crippen molar-refractivity contribution in [2.45, 2.75) is 44.7 Å². The van der Waals surface area contributed by atoms with Gasteiger partial charge in [-0.25, -0.2) is 9.31 Å². The molecule has 6 N–H and O–H groups in total. The molecule has 4 rings (SSSR count). The topological polar surface area (TPSA) is 170 Å². The molecule has 2 amide bonds. The zero-order valence-electron chi connectivity index (χ0n) is 20.3. The van der Waals surface area contributed by atoms with Crippen LogP contribution in [0, 0.1) is 17.2 Å². The number of nitrogens with one attached hydrogen (secondary N) is 3. The lowest BCUT2D eigenvalue weighted by Crippen LogP contribution is -2.42. The monoisotopic (exact) mass is 490 g/mol. The maximum atomic E-state index is 13.0. The molecule has 0 bridgehead atoms. The highest BCUT2D eigenvalue weighted by atomic mass is 16.4. The third-order valence-corrected chi connectivity index (χ3v) is 6.23. The second kappa shape index (κ2) is 10.2. The van der Waals surface area contributed by atoms with Crippen LogP contribution in [-0.4, -0.2) is 56.4 Å². The highest BCUT2D eigenvalue weighted by Gasteiger charge is 2.30. The van der Waals surface area contributed by atoms with Crippen LogP contribution in [0.5, 0.6) is 0 Å². The van der Waals surface area contributed by atoms with Gasteiger partial charge >= 0.3 is 6.09 Å². The summed E-state index contributed by atoms with van der Waals surface area (Å²) in [5, 5.41) is 31.1. The number of nitrogens with zero attached hydrogens (tertiary/aromatic N) is 4. The number of hydrogen-bond acceptors (Lipinski definition) is 7. The van der Waals surface area contributed by atoms with Crippen molar-refractivity contribution in [1.82, 2.24) is 25.2 Å². The van der Waals surface area contributed by atoms with Crippen molar-refractivity contribution in [3.05, 3.63) is 47.8 Å². The zero-order valence-corrected chi connectivity index (χ0v) is 20.3. The third-order valence-electron chi connectivity index (χ3n) is 6.23. The van der Waals surface area contributed by atoms with E-state index in [1.807, 2.05) is 32.0 Å². The van der Waals surface area contributed by atoms with Gasteiger partial charge in [-0.15, -0.1) is 0 Å². The van der Waals surface area contributed by atoms with E-state index >= 15 is 0 Å². The predicted molar refractivity (Wildman–Crippen MR) is 135 cm³/mol. The summed E-state index contributed by atoms with van der Waals surface area (Å²) in [6.45, 7) is 4.66. The average molecular weight is 491 g/mol. The van der Waals surface area contributed by atoms with E-state index in [0.29, 0.717) is 42.0 Å². The molecule has 1 aliphatic carbocycles. The minimum Gasteiger partial charge on any atom is -0.465 e. The van der Waals surface area contributed by atoms with E-state index < -0.39 is 11.6 Å². The van der Waals surface area contributed by atoms with Crippen molar-refractivity contribution >= 4 is 23.2 Å². The summed E-state index contributed by atoms with van der Waals surface area (Å²) in [5.41, 5.74) is 9.28. The quantitative estimate of drug-likeness (QED) is 0.305. The summed E-state index contributed by atoms with van der Waals surface area (Å²) in [7, 11) is 0. The van der Waals surface area contributed by atoms with Crippen LogP contribution >= 0.6 is 0 Å². The van der Waals surface area contributed by atoms with Crippen molar-refractivity contribution in [3.8, 4) is 17.5 Å². The van der Waals surface area contributed by atoms with Gasteiger partial charge in [-0.2, -0.15) is 10.4 Å². The van der Waals surface area contributed by atoms with Crippen LogP contribution in [0.2, 0.25) is 0 Å². The third kappa shape index (κ3) is 5.90. The molecule has 11 nitrogen and oxygen atoms in total. The van der Waals surface area contributed by atoms with E-state index in [-0.39, 0.29) is 17.9 Å². The largest absolute Gasteiger partial charge is 0.465 e. The first kappa shape index (κ1) is 24.9. The first-order valence-electron chi connectivity index (χ1n) is 11.8. The normalized spacial score (nSPS) is 17.2. The molecule has 0 unspecified atom stereocenters. The van der Waals surface area contributed by atoms with Gasteiger partial charge in [-0.05, 0) is 63.3 Å². The molecule has 0 radical (unpaired) electrons. The fraction of sp³-hybridized carbons (Fsp3) is 0.400. The Hall–Kier alpha value is -4.17. The Morgan fingerprint density at radius 2 is 2.03 bits per heavy atom. The van der Waals surface area contributed by atoms with E-state index in [2.05, 4.69) is 32.1 Å². The fourth-order valence-corrected chi connectivity index (χ4v) is 4.22. The number of carbonyl (C=O) groups excluding carboxylic acids is 1. The summed E-state index contributed by atoms with van der Waals surface area (Å²) >= 11 is 0. The molecule has 3 aromatic heterocycles. The summed E-state index contributed by atoms with van der Waals surface area (Å²) in [6.07, 6.45) is 4.21. The van der Waals surface area contributed by atoms with Gasteiger partial charge in [0.1, 0.15) is 6.07 Å². The van der Waals surface area contributed by atoms with Gasteiger partial charge in [0, 0.05) is 30.9 Å². The number of amides is 2. The number of anilines is 1. The molecular formula is C25H30N8O3. The number of nitriles is 1. The van der Waals surface area contributed by atoms with Crippen LogP contribution in [0.4, 0.5) is 10.5 Å². The molecule has 11 heteroatoms. The number of rotatable bonds is 9. The Kier molecular flexibility index (Phi) is 7.07. The lowest BCUT2D eigenvalue weighted by Gasteiger charge is -2.36. The van der Waals surface area contributed by atoms with Crippen molar-refractivity contribution in [3.63, 3.8) is 0 Å². The predicted octanol–water partition coefficient (Wildman–Crippen LogP) is 2.58. The first-order valence-corrected chi connectivity index (χ1v) is 11.8. The van der Waals surface area contributed by atoms with Crippen LogP contribution in [0.3, 0.4) is 0 Å². The summed E-state index contributed by atoms with van der Waals surface area (Å²) in [6, 6.07) is 9.50. The number of fused-ring (bicyclic) bond motifs is 1. The van der Waals surface area contributed by atoms with E-state index in [1.54, 1.807) is 16.8 Å². The standard InChI is InChI=1S/C25H30N8O3/c1-25(2,27)5-6-28-23(34)19-14-29-21(22-4-3-18-9-16(11-26)13-31-33(18)22)10-20(19)32-17-7-15(8-17)12-30-24(35)36/h3-4,9-10,13-15,17,30H,5-8,12,27H2,1-2H3,(H,28,34)(H,29,32)(H,35,36). The Morgan fingerprint density at radius 1 is 1.25 bits per heavy atom. The fourth-order valence-electron chi connectivity index (χ4n) is 4.22. The van der Waals surface area contributed by atoms with Crippen molar-refractivity contribution in [1.29, 1.82) is 5.26 Å². The van der Waals surface area contributed by atoms with Crippen molar-refractivity contribution in [2.75, 3.05) is 18.4 Å². The molecule has 188 valence electrons. The van der Waals surface area contributed by atoms with Gasteiger partial charge in [-0.3, -0.25) is 9.78 Å². The molecule has 0 atom stereocenters. The van der Waals surface area contributed by atoms with Gasteiger partial charge in [-0.1, -0.05) is 0 Å². The van der Waals surface area contributed by atoms with Gasteiger partial charge in [0.15, 0.2) is 0 Å². The number of nitrogens with two attached hydrogens (primary N) is 1. The second-order valence-corrected chi connectivity index (χ2v) is 9.89. The maximum Gasteiger partial charge on any atom is 0.404 e. The molecule has 3 aromatic rings. The number of carbonyl (C=O) groups is 2. The van der Waals surface area contributed by atoms with Gasteiger partial charge < -0.3 is 26.8 Å². The molecule has 3 heterocycles. The van der Waals surface area contributed by atoms with Crippen LogP contribution < -0.4 is 21.7 Å². The molecule has 0 aromatic carbocycles. The van der Waals surface area contributed by atoms with Gasteiger partial charge in [0.2, 0.25) is 0 Å². The van der Waals surface area contributed by atoms with Gasteiger partial charge in [0.05, 0.1) is 39.9 Å². The molecule has 1 aliphatic rings. The minimum absolute atomic E-state index is 0.107. The van der Waals surface area contributed by atoms with Crippen LogP contribution in [0.1, 0.15) is 49.0 Å². The number of carboxylic acid groups (broad SMARTS) is 1. The molecule has 0 saturated heterocycles. The second-order valence-electron chi connectivity index (χ2n) is 9.89. The summed E-state index contributed by atoms with van der Waals surface area (Å²) in [4.78, 5) is 28.3. The van der Waals surface area contributed by atoms with Crippen LogP contribution in [0.25, 0.3) is 16.9 Å². The molecule has 0 spiro atoms. The van der Waals surface area contributed by atoms with E-state index in [1.165, 1.54) is 6.20 Å².